The number of aryl methyl sites for hydroxylation is 2. The molecule has 0 radical (unpaired) electrons. The Balaban J connectivity index is 2.25. The maximum Gasteiger partial charge on any atom is 0.105 e. The van der Waals surface area contributed by atoms with Crippen LogP contribution in [-0.2, 0) is 6.42 Å². The van der Waals surface area contributed by atoms with Crippen molar-refractivity contribution < 1.29 is 5.11 Å². The van der Waals surface area contributed by atoms with Gasteiger partial charge in [-0.25, -0.2) is 0 Å². The summed E-state index contributed by atoms with van der Waals surface area (Å²) in [4.78, 5) is 0. The molecule has 1 N–H and O–H groups in total. The molecule has 2 aromatic carbocycles. The first-order valence-corrected chi connectivity index (χ1v) is 7.02. The summed E-state index contributed by atoms with van der Waals surface area (Å²) in [6.07, 6.45) is 1.54. The van der Waals surface area contributed by atoms with Gasteiger partial charge in [-0.1, -0.05) is 61.3 Å². The van der Waals surface area contributed by atoms with E-state index in [1.165, 1.54) is 5.56 Å². The summed E-state index contributed by atoms with van der Waals surface area (Å²) in [6, 6.07) is 13.8. The van der Waals surface area contributed by atoms with Crippen LogP contribution in [0.1, 0.15) is 41.7 Å². The third kappa shape index (κ3) is 3.37. The molecule has 0 amide bonds. The number of halogens is 1. The van der Waals surface area contributed by atoms with E-state index in [-0.39, 0.29) is 0 Å². The van der Waals surface area contributed by atoms with Gasteiger partial charge in [0.05, 0.1) is 0 Å². The molecule has 0 aliphatic heterocycles. The van der Waals surface area contributed by atoms with Gasteiger partial charge in [0.2, 0.25) is 0 Å². The van der Waals surface area contributed by atoms with Crippen LogP contribution in [-0.4, -0.2) is 5.11 Å². The van der Waals surface area contributed by atoms with E-state index in [0.29, 0.717) is 5.02 Å². The predicted molar refractivity (Wildman–Crippen MR) is 80.7 cm³/mol. The van der Waals surface area contributed by atoms with Gasteiger partial charge in [0.1, 0.15) is 6.10 Å². The summed E-state index contributed by atoms with van der Waals surface area (Å²) in [5.74, 6) is 0. The number of rotatable bonds is 4. The second-order valence-corrected chi connectivity index (χ2v) is 5.33. The molecule has 0 aliphatic rings. The van der Waals surface area contributed by atoms with Crippen LogP contribution in [0.2, 0.25) is 5.02 Å². The van der Waals surface area contributed by atoms with E-state index < -0.39 is 6.10 Å². The zero-order valence-electron chi connectivity index (χ0n) is 11.4. The monoisotopic (exact) mass is 274 g/mol. The van der Waals surface area contributed by atoms with Crippen LogP contribution in [0.15, 0.2) is 42.5 Å². The molecule has 1 unspecified atom stereocenters. The predicted octanol–water partition coefficient (Wildman–Crippen LogP) is 4.68. The van der Waals surface area contributed by atoms with Gasteiger partial charge in [-0.05, 0) is 36.1 Å². The van der Waals surface area contributed by atoms with Crippen molar-refractivity contribution in [2.24, 2.45) is 0 Å². The smallest absolute Gasteiger partial charge is 0.105 e. The van der Waals surface area contributed by atoms with Crippen LogP contribution >= 0.6 is 11.6 Å². The Morgan fingerprint density at radius 3 is 2.37 bits per heavy atom. The molecule has 2 aromatic rings. The molecule has 0 saturated carbocycles. The standard InChI is InChI=1S/C17H19ClO/c1-3-4-13-6-8-14(9-7-13)17(19)15-10-5-12(2)11-16(15)18/h5-11,17,19H,3-4H2,1-2H3. The van der Waals surface area contributed by atoms with Crippen molar-refractivity contribution in [1.29, 1.82) is 0 Å². The average Bonchev–Trinajstić information content (AvgIpc) is 2.39. The third-order valence-electron chi connectivity index (χ3n) is 3.28. The van der Waals surface area contributed by atoms with Gasteiger partial charge in [0, 0.05) is 10.6 Å². The average molecular weight is 275 g/mol. The molecule has 0 bridgehead atoms. The van der Waals surface area contributed by atoms with E-state index in [1.54, 1.807) is 0 Å². The summed E-state index contributed by atoms with van der Waals surface area (Å²) >= 11 is 6.20. The van der Waals surface area contributed by atoms with Gasteiger partial charge in [-0.3, -0.25) is 0 Å². The Labute approximate surface area is 119 Å². The fourth-order valence-corrected chi connectivity index (χ4v) is 2.53. The Bertz CT molecular complexity index is 546. The van der Waals surface area contributed by atoms with Gasteiger partial charge in [-0.2, -0.15) is 0 Å². The second kappa shape index (κ2) is 6.23. The largest absolute Gasteiger partial charge is 0.384 e. The van der Waals surface area contributed by atoms with Gasteiger partial charge >= 0.3 is 0 Å². The van der Waals surface area contributed by atoms with Crippen molar-refractivity contribution in [3.63, 3.8) is 0 Å². The fraction of sp³-hybridized carbons (Fsp3) is 0.294. The van der Waals surface area contributed by atoms with Crippen molar-refractivity contribution in [1.82, 2.24) is 0 Å². The molecule has 0 aromatic heterocycles. The fourth-order valence-electron chi connectivity index (χ4n) is 2.19. The van der Waals surface area contributed by atoms with Crippen molar-refractivity contribution >= 4 is 11.6 Å². The highest BCUT2D eigenvalue weighted by Crippen LogP contribution is 2.29. The van der Waals surface area contributed by atoms with E-state index >= 15 is 0 Å². The molecular formula is C17H19ClO. The molecule has 2 rings (SSSR count). The zero-order valence-corrected chi connectivity index (χ0v) is 12.1. The molecule has 100 valence electrons. The van der Waals surface area contributed by atoms with Crippen molar-refractivity contribution in [2.45, 2.75) is 32.8 Å². The SMILES string of the molecule is CCCc1ccc(C(O)c2ccc(C)cc2Cl)cc1. The number of hydrogen-bond donors (Lipinski definition) is 1. The molecule has 0 aliphatic carbocycles. The number of hydrogen-bond acceptors (Lipinski definition) is 1. The van der Waals surface area contributed by atoms with Crippen LogP contribution < -0.4 is 0 Å². The van der Waals surface area contributed by atoms with Crippen molar-refractivity contribution in [3.8, 4) is 0 Å². The highest BCUT2D eigenvalue weighted by Gasteiger charge is 2.13. The highest BCUT2D eigenvalue weighted by molar-refractivity contribution is 6.31. The first-order valence-electron chi connectivity index (χ1n) is 6.64. The minimum Gasteiger partial charge on any atom is -0.384 e. The van der Waals surface area contributed by atoms with Crippen LogP contribution in [0.5, 0.6) is 0 Å². The lowest BCUT2D eigenvalue weighted by Gasteiger charge is -2.14. The van der Waals surface area contributed by atoms with Crippen LogP contribution in [0.25, 0.3) is 0 Å². The lowest BCUT2D eigenvalue weighted by atomic mass is 9.98. The minimum absolute atomic E-state index is 0.616. The van der Waals surface area contributed by atoms with E-state index in [9.17, 15) is 5.11 Å². The van der Waals surface area contributed by atoms with Gasteiger partial charge in [0.25, 0.3) is 0 Å². The summed E-state index contributed by atoms with van der Waals surface area (Å²) in [5.41, 5.74) is 4.04. The number of aliphatic hydroxyl groups excluding tert-OH is 1. The molecular weight excluding hydrogens is 256 g/mol. The lowest BCUT2D eigenvalue weighted by molar-refractivity contribution is 0.220. The van der Waals surface area contributed by atoms with E-state index in [4.69, 9.17) is 11.6 Å². The highest BCUT2D eigenvalue weighted by atomic mass is 35.5. The molecule has 2 heteroatoms. The Kier molecular flexibility index (Phi) is 4.62. The van der Waals surface area contributed by atoms with Gasteiger partial charge in [-0.15, -0.1) is 0 Å². The summed E-state index contributed by atoms with van der Waals surface area (Å²) in [6.45, 7) is 4.15. The van der Waals surface area contributed by atoms with Crippen LogP contribution in [0.4, 0.5) is 0 Å². The third-order valence-corrected chi connectivity index (χ3v) is 3.61. The van der Waals surface area contributed by atoms with E-state index in [0.717, 1.165) is 29.5 Å². The second-order valence-electron chi connectivity index (χ2n) is 4.92. The van der Waals surface area contributed by atoms with Gasteiger partial charge < -0.3 is 5.11 Å². The van der Waals surface area contributed by atoms with Crippen LogP contribution in [0.3, 0.4) is 0 Å². The molecule has 0 heterocycles. The van der Waals surface area contributed by atoms with Crippen LogP contribution in [0, 0.1) is 6.92 Å². The molecule has 0 fully saturated rings. The maximum absolute atomic E-state index is 10.4. The molecule has 0 saturated heterocycles. The van der Waals surface area contributed by atoms with Crippen molar-refractivity contribution in [3.05, 3.63) is 69.7 Å². The Morgan fingerprint density at radius 1 is 1.11 bits per heavy atom. The Morgan fingerprint density at radius 2 is 1.79 bits per heavy atom. The number of aliphatic hydroxyl groups is 1. The van der Waals surface area contributed by atoms with Gasteiger partial charge in [0.15, 0.2) is 0 Å². The van der Waals surface area contributed by atoms with Crippen molar-refractivity contribution in [2.75, 3.05) is 0 Å². The first kappa shape index (κ1) is 14.1. The molecule has 1 nitrogen and oxygen atoms in total. The minimum atomic E-state index is -0.663. The molecule has 1 atom stereocenters. The number of benzene rings is 2. The molecule has 19 heavy (non-hydrogen) atoms. The van der Waals surface area contributed by atoms with E-state index in [2.05, 4.69) is 19.1 Å². The first-order chi connectivity index (χ1) is 9.11. The summed E-state index contributed by atoms with van der Waals surface area (Å²) in [5, 5.41) is 11.0. The quantitative estimate of drug-likeness (QED) is 0.858. The maximum atomic E-state index is 10.4. The summed E-state index contributed by atoms with van der Waals surface area (Å²) in [7, 11) is 0. The normalized spacial score (nSPS) is 12.4. The molecule has 0 spiro atoms. The lowest BCUT2D eigenvalue weighted by Crippen LogP contribution is -2.01. The zero-order chi connectivity index (χ0) is 13.8. The van der Waals surface area contributed by atoms with E-state index in [1.807, 2.05) is 37.3 Å². The topological polar surface area (TPSA) is 20.2 Å². The summed E-state index contributed by atoms with van der Waals surface area (Å²) < 4.78 is 0. The Hall–Kier alpha value is -1.31.